The Hall–Kier alpha value is -0.440. The van der Waals surface area contributed by atoms with Crippen LogP contribution < -0.4 is 5.32 Å². The first-order valence-electron chi connectivity index (χ1n) is 3.54. The summed E-state index contributed by atoms with van der Waals surface area (Å²) < 4.78 is 0. The number of thiocarbonyl (C=S) groups is 1. The monoisotopic (exact) mass is 159 g/mol. The van der Waals surface area contributed by atoms with Crippen molar-refractivity contribution in [1.29, 1.82) is 0 Å². The molecule has 0 aromatic heterocycles. The van der Waals surface area contributed by atoms with Gasteiger partial charge in [0.25, 0.3) is 0 Å². The summed E-state index contributed by atoms with van der Waals surface area (Å²) in [5, 5.41) is 2.46. The fourth-order valence-corrected chi connectivity index (χ4v) is 0.805. The van der Waals surface area contributed by atoms with Crippen LogP contribution in [0.5, 0.6) is 0 Å². The van der Waals surface area contributed by atoms with Crippen molar-refractivity contribution in [2.45, 2.75) is 32.6 Å². The number of unbranched alkanes of at least 4 members (excludes halogenated alkanes) is 2. The summed E-state index contributed by atoms with van der Waals surface area (Å²) >= 11 is 4.45. The molecule has 58 valence electrons. The maximum Gasteiger partial charge on any atom is 0.224 e. The molecule has 10 heavy (non-hydrogen) atoms. The Labute approximate surface area is 67.0 Å². The van der Waals surface area contributed by atoms with E-state index in [4.69, 9.17) is 0 Å². The Kier molecular flexibility index (Phi) is 6.38. The van der Waals surface area contributed by atoms with Gasteiger partial charge in [0.2, 0.25) is 5.91 Å². The van der Waals surface area contributed by atoms with Gasteiger partial charge in [-0.2, -0.15) is 0 Å². The lowest BCUT2D eigenvalue weighted by molar-refractivity contribution is -0.119. The van der Waals surface area contributed by atoms with Gasteiger partial charge in [-0.3, -0.25) is 4.79 Å². The van der Waals surface area contributed by atoms with Crippen LogP contribution in [0.1, 0.15) is 32.6 Å². The summed E-state index contributed by atoms with van der Waals surface area (Å²) in [6, 6.07) is 0. The quantitative estimate of drug-likeness (QED) is 0.488. The van der Waals surface area contributed by atoms with Crippen LogP contribution in [0, 0.1) is 0 Å². The molecule has 0 fully saturated rings. The molecule has 0 atom stereocenters. The normalized spacial score (nSPS) is 8.90. The zero-order valence-corrected chi connectivity index (χ0v) is 7.04. The predicted molar refractivity (Wildman–Crippen MR) is 45.9 cm³/mol. The lowest BCUT2D eigenvalue weighted by atomic mass is 10.2. The van der Waals surface area contributed by atoms with Gasteiger partial charge >= 0.3 is 0 Å². The molecule has 0 aliphatic rings. The van der Waals surface area contributed by atoms with Gasteiger partial charge in [0.05, 0.1) is 5.49 Å². The first-order chi connectivity index (χ1) is 4.81. The Balaban J connectivity index is 3.13. The molecule has 0 heterocycles. The van der Waals surface area contributed by atoms with Crippen LogP contribution >= 0.6 is 12.2 Å². The highest BCUT2D eigenvalue weighted by Gasteiger charge is 1.95. The summed E-state index contributed by atoms with van der Waals surface area (Å²) in [4.78, 5) is 10.7. The van der Waals surface area contributed by atoms with Crippen molar-refractivity contribution >= 4 is 23.6 Å². The van der Waals surface area contributed by atoms with Gasteiger partial charge in [0.1, 0.15) is 0 Å². The van der Waals surface area contributed by atoms with Gasteiger partial charge in [-0.15, -0.1) is 0 Å². The first kappa shape index (κ1) is 9.56. The second-order valence-corrected chi connectivity index (χ2v) is 2.38. The fraction of sp³-hybridized carbons (Fsp3) is 0.714. The Morgan fingerprint density at radius 3 is 2.80 bits per heavy atom. The van der Waals surface area contributed by atoms with Crippen LogP contribution in [0.4, 0.5) is 0 Å². The van der Waals surface area contributed by atoms with E-state index in [1.807, 2.05) is 0 Å². The van der Waals surface area contributed by atoms with Gasteiger partial charge in [0, 0.05) is 6.42 Å². The summed E-state index contributed by atoms with van der Waals surface area (Å²) in [6.07, 6.45) is 3.82. The predicted octanol–water partition coefficient (Wildman–Crippen LogP) is 1.64. The highest BCUT2D eigenvalue weighted by Crippen LogP contribution is 1.97. The van der Waals surface area contributed by atoms with Crippen molar-refractivity contribution in [1.82, 2.24) is 5.32 Å². The molecule has 2 nitrogen and oxygen atoms in total. The molecule has 0 aromatic carbocycles. The average Bonchev–Trinajstić information content (AvgIpc) is 1.89. The van der Waals surface area contributed by atoms with Crippen molar-refractivity contribution in [3.63, 3.8) is 0 Å². The minimum atomic E-state index is 0.0310. The van der Waals surface area contributed by atoms with Gasteiger partial charge in [-0.05, 0) is 6.42 Å². The van der Waals surface area contributed by atoms with E-state index in [9.17, 15) is 4.79 Å². The zero-order valence-electron chi connectivity index (χ0n) is 6.22. The van der Waals surface area contributed by atoms with E-state index in [1.54, 1.807) is 0 Å². The molecule has 0 aliphatic heterocycles. The minimum absolute atomic E-state index is 0.0310. The largest absolute Gasteiger partial charge is 0.323 e. The van der Waals surface area contributed by atoms with Crippen molar-refractivity contribution in [3.8, 4) is 0 Å². The van der Waals surface area contributed by atoms with Crippen LogP contribution in [0.3, 0.4) is 0 Å². The SMILES string of the molecule is CCCCCC(=O)NC=S. The van der Waals surface area contributed by atoms with Crippen molar-refractivity contribution < 1.29 is 4.79 Å². The molecule has 0 bridgehead atoms. The molecule has 0 saturated heterocycles. The van der Waals surface area contributed by atoms with Crippen molar-refractivity contribution in [2.75, 3.05) is 0 Å². The Morgan fingerprint density at radius 1 is 1.60 bits per heavy atom. The number of amides is 1. The number of rotatable bonds is 5. The lowest BCUT2D eigenvalue weighted by Crippen LogP contribution is -2.19. The zero-order chi connectivity index (χ0) is 7.82. The maximum atomic E-state index is 10.7. The second kappa shape index (κ2) is 6.68. The van der Waals surface area contributed by atoms with Crippen LogP contribution in [0.15, 0.2) is 0 Å². The van der Waals surface area contributed by atoms with E-state index in [0.29, 0.717) is 6.42 Å². The summed E-state index contributed by atoms with van der Waals surface area (Å²) in [6.45, 7) is 2.11. The van der Waals surface area contributed by atoms with E-state index in [1.165, 1.54) is 5.49 Å². The topological polar surface area (TPSA) is 29.1 Å². The highest BCUT2D eigenvalue weighted by molar-refractivity contribution is 7.78. The molecule has 3 heteroatoms. The molecular weight excluding hydrogens is 146 g/mol. The Bertz CT molecular complexity index is 114. The molecule has 0 rings (SSSR count). The van der Waals surface area contributed by atoms with Gasteiger partial charge in [-0.25, -0.2) is 0 Å². The summed E-state index contributed by atoms with van der Waals surface area (Å²) in [5.41, 5.74) is 1.26. The van der Waals surface area contributed by atoms with Gasteiger partial charge in [0.15, 0.2) is 0 Å². The number of nitrogens with one attached hydrogen (secondary N) is 1. The number of carbonyl (C=O) groups excluding carboxylic acids is 1. The van der Waals surface area contributed by atoms with E-state index in [2.05, 4.69) is 24.5 Å². The smallest absolute Gasteiger partial charge is 0.224 e. The van der Waals surface area contributed by atoms with E-state index in [0.717, 1.165) is 19.3 Å². The lowest BCUT2D eigenvalue weighted by Gasteiger charge is -1.96. The molecule has 0 aliphatic carbocycles. The van der Waals surface area contributed by atoms with Crippen LogP contribution in [-0.4, -0.2) is 11.4 Å². The average molecular weight is 159 g/mol. The summed E-state index contributed by atoms with van der Waals surface area (Å²) in [5.74, 6) is 0.0310. The second-order valence-electron chi connectivity index (χ2n) is 2.14. The van der Waals surface area contributed by atoms with E-state index >= 15 is 0 Å². The Morgan fingerprint density at radius 2 is 2.30 bits per heavy atom. The number of hydrogen-bond donors (Lipinski definition) is 1. The standard InChI is InChI=1S/C7H13NOS/c1-2-3-4-5-7(9)8-6-10/h6H,2-5H2,1H3,(H,8,9,10). The number of hydrogen-bond acceptors (Lipinski definition) is 2. The van der Waals surface area contributed by atoms with Crippen LogP contribution in [0.2, 0.25) is 0 Å². The number of carbonyl (C=O) groups is 1. The molecule has 0 spiro atoms. The molecule has 0 aromatic rings. The van der Waals surface area contributed by atoms with Gasteiger partial charge < -0.3 is 5.32 Å². The van der Waals surface area contributed by atoms with E-state index in [-0.39, 0.29) is 5.91 Å². The van der Waals surface area contributed by atoms with Gasteiger partial charge in [-0.1, -0.05) is 32.0 Å². The molecule has 0 unspecified atom stereocenters. The van der Waals surface area contributed by atoms with Crippen LogP contribution in [-0.2, 0) is 4.79 Å². The molecule has 0 saturated carbocycles. The fourth-order valence-electron chi connectivity index (χ4n) is 0.673. The van der Waals surface area contributed by atoms with Crippen molar-refractivity contribution in [3.05, 3.63) is 0 Å². The minimum Gasteiger partial charge on any atom is -0.323 e. The summed E-state index contributed by atoms with van der Waals surface area (Å²) in [7, 11) is 0. The molecule has 0 radical (unpaired) electrons. The molecule has 1 amide bonds. The molecule has 1 N–H and O–H groups in total. The van der Waals surface area contributed by atoms with Crippen LogP contribution in [0.25, 0.3) is 0 Å². The first-order valence-corrected chi connectivity index (χ1v) is 4.01. The third-order valence-corrected chi connectivity index (χ3v) is 1.35. The third-order valence-electron chi connectivity index (χ3n) is 1.23. The molecular formula is C7H13NOS. The third kappa shape index (κ3) is 5.69. The van der Waals surface area contributed by atoms with E-state index < -0.39 is 0 Å². The highest BCUT2D eigenvalue weighted by atomic mass is 32.1. The van der Waals surface area contributed by atoms with Crippen molar-refractivity contribution in [2.24, 2.45) is 0 Å². The maximum absolute atomic E-state index is 10.7.